The van der Waals surface area contributed by atoms with Crippen LogP contribution in [0.4, 0.5) is 0 Å². The summed E-state index contributed by atoms with van der Waals surface area (Å²) in [6.45, 7) is 1.08. The highest BCUT2D eigenvalue weighted by molar-refractivity contribution is 5.88. The number of hydrogen-bond acceptors (Lipinski definition) is 11. The van der Waals surface area contributed by atoms with Gasteiger partial charge < -0.3 is 49.2 Å². The fraction of sp³-hybridized carbons (Fsp3) is 0.824. The Morgan fingerprint density at radius 2 is 1.86 bits per heavy atom. The van der Waals surface area contributed by atoms with Gasteiger partial charge in [0.05, 0.1) is 37.6 Å². The van der Waals surface area contributed by atoms with Crippen LogP contribution in [0, 0.1) is 11.8 Å². The lowest BCUT2D eigenvalue weighted by atomic mass is 9.77. The number of aliphatic hydroxyl groups excluding tert-OH is 5. The summed E-state index contributed by atoms with van der Waals surface area (Å²) < 4.78 is 26.8. The number of ether oxygens (including phenoxy) is 5. The minimum Gasteiger partial charge on any atom is -0.471 e. The Balaban J connectivity index is 1.81. The molecule has 0 amide bonds. The van der Waals surface area contributed by atoms with E-state index in [-0.39, 0.29) is 12.0 Å². The van der Waals surface area contributed by atoms with Gasteiger partial charge >= 0.3 is 5.97 Å². The number of hydrogen-bond donors (Lipinski definition) is 5. The van der Waals surface area contributed by atoms with Gasteiger partial charge in [-0.15, -0.1) is 0 Å². The average Bonchev–Trinajstić information content (AvgIpc) is 2.67. The second kappa shape index (κ2) is 8.59. The molecule has 0 aromatic heterocycles. The molecule has 0 saturated carbocycles. The van der Waals surface area contributed by atoms with E-state index in [0.29, 0.717) is 0 Å². The van der Waals surface area contributed by atoms with Crippen molar-refractivity contribution in [1.29, 1.82) is 0 Å². The number of carbonyl (C=O) groups is 1. The number of esters is 1. The van der Waals surface area contributed by atoms with Crippen LogP contribution in [0.1, 0.15) is 13.3 Å². The molecule has 2 saturated heterocycles. The molecule has 3 aliphatic rings. The van der Waals surface area contributed by atoms with E-state index in [0.717, 1.165) is 0 Å². The van der Waals surface area contributed by atoms with Gasteiger partial charge in [-0.2, -0.15) is 0 Å². The summed E-state index contributed by atoms with van der Waals surface area (Å²) >= 11 is 0. The van der Waals surface area contributed by atoms with E-state index < -0.39 is 73.8 Å². The zero-order chi connectivity index (χ0) is 20.6. The van der Waals surface area contributed by atoms with Gasteiger partial charge in [0.2, 0.25) is 6.29 Å². The molecule has 0 spiro atoms. The van der Waals surface area contributed by atoms with E-state index >= 15 is 0 Å². The lowest BCUT2D eigenvalue weighted by molar-refractivity contribution is -0.352. The minimum atomic E-state index is -1.60. The van der Waals surface area contributed by atoms with Crippen LogP contribution >= 0.6 is 0 Å². The predicted octanol–water partition coefficient (Wildman–Crippen LogP) is -2.42. The summed E-state index contributed by atoms with van der Waals surface area (Å²) in [4.78, 5) is 12.1. The molecule has 0 aromatic carbocycles. The lowest BCUT2D eigenvalue weighted by Crippen LogP contribution is -2.61. The molecule has 0 radical (unpaired) electrons. The summed E-state index contributed by atoms with van der Waals surface area (Å²) in [5.74, 6) is -1.67. The zero-order valence-electron chi connectivity index (χ0n) is 15.5. The first kappa shape index (κ1) is 21.4. The highest BCUT2D eigenvalue weighted by Crippen LogP contribution is 2.42. The average molecular weight is 406 g/mol. The van der Waals surface area contributed by atoms with Gasteiger partial charge in [0, 0.05) is 12.3 Å². The van der Waals surface area contributed by atoms with Crippen LogP contribution in [-0.4, -0.2) is 94.6 Å². The number of rotatable bonds is 4. The second-order valence-electron chi connectivity index (χ2n) is 7.12. The molecule has 11 nitrogen and oxygen atoms in total. The first-order valence-electron chi connectivity index (χ1n) is 9.01. The highest BCUT2D eigenvalue weighted by atomic mass is 16.8. The largest absolute Gasteiger partial charge is 0.471 e. The fourth-order valence-corrected chi connectivity index (χ4v) is 3.91. The van der Waals surface area contributed by atoms with Gasteiger partial charge in [0.15, 0.2) is 12.6 Å². The van der Waals surface area contributed by atoms with E-state index in [2.05, 4.69) is 0 Å². The number of fused-ring (bicyclic) bond motifs is 1. The van der Waals surface area contributed by atoms with Crippen molar-refractivity contribution in [2.45, 2.75) is 62.7 Å². The Labute approximate surface area is 161 Å². The fourth-order valence-electron chi connectivity index (χ4n) is 3.91. The molecule has 3 aliphatic heterocycles. The molecule has 3 heterocycles. The third-order valence-electron chi connectivity index (χ3n) is 5.41. The van der Waals surface area contributed by atoms with Crippen molar-refractivity contribution in [3.63, 3.8) is 0 Å². The van der Waals surface area contributed by atoms with Crippen LogP contribution in [0.5, 0.6) is 0 Å². The lowest BCUT2D eigenvalue weighted by Gasteiger charge is -2.47. The first-order chi connectivity index (χ1) is 13.3. The van der Waals surface area contributed by atoms with Crippen molar-refractivity contribution in [2.24, 2.45) is 11.8 Å². The van der Waals surface area contributed by atoms with Crippen LogP contribution in [0.25, 0.3) is 0 Å². The summed E-state index contributed by atoms with van der Waals surface area (Å²) in [5.41, 5.74) is 0.218. The van der Waals surface area contributed by atoms with E-state index in [4.69, 9.17) is 23.7 Å². The van der Waals surface area contributed by atoms with Crippen molar-refractivity contribution in [3.8, 4) is 0 Å². The summed E-state index contributed by atoms with van der Waals surface area (Å²) in [7, 11) is 1.23. The third kappa shape index (κ3) is 3.89. The van der Waals surface area contributed by atoms with Crippen molar-refractivity contribution in [2.75, 3.05) is 13.7 Å². The molecular weight excluding hydrogens is 380 g/mol. The quantitative estimate of drug-likeness (QED) is 0.315. The van der Waals surface area contributed by atoms with Gasteiger partial charge in [-0.1, -0.05) is 0 Å². The number of methoxy groups -OCH3 is 1. The summed E-state index contributed by atoms with van der Waals surface area (Å²) in [6.07, 6.45) is -8.71. The molecule has 11 heteroatoms. The van der Waals surface area contributed by atoms with Crippen molar-refractivity contribution >= 4 is 5.97 Å². The Morgan fingerprint density at radius 1 is 1.14 bits per heavy atom. The van der Waals surface area contributed by atoms with E-state index in [9.17, 15) is 30.3 Å². The molecule has 0 unspecified atom stereocenters. The molecule has 10 atom stereocenters. The van der Waals surface area contributed by atoms with Gasteiger partial charge in [-0.25, -0.2) is 4.79 Å². The molecule has 160 valence electrons. The molecule has 3 rings (SSSR count). The monoisotopic (exact) mass is 406 g/mol. The van der Waals surface area contributed by atoms with Crippen LogP contribution in [0.3, 0.4) is 0 Å². The van der Waals surface area contributed by atoms with E-state index in [1.165, 1.54) is 13.4 Å². The van der Waals surface area contributed by atoms with Crippen LogP contribution in [0.15, 0.2) is 11.8 Å². The Hall–Kier alpha value is -1.31. The first-order valence-corrected chi connectivity index (χ1v) is 9.01. The summed E-state index contributed by atoms with van der Waals surface area (Å²) in [5, 5.41) is 49.2. The van der Waals surface area contributed by atoms with Crippen molar-refractivity contribution < 1.29 is 54.0 Å². The molecule has 2 fully saturated rings. The number of carbonyl (C=O) groups excluding carboxylic acids is 1. The van der Waals surface area contributed by atoms with Crippen molar-refractivity contribution in [3.05, 3.63) is 11.8 Å². The third-order valence-corrected chi connectivity index (χ3v) is 5.41. The van der Waals surface area contributed by atoms with E-state index in [1.54, 1.807) is 6.92 Å². The molecule has 28 heavy (non-hydrogen) atoms. The molecular formula is C17H26O11. The highest BCUT2D eigenvalue weighted by Gasteiger charge is 2.51. The van der Waals surface area contributed by atoms with Gasteiger partial charge in [0.25, 0.3) is 0 Å². The SMILES string of the molecule is COC(=O)C1=CO[C@@H](O[C@@H]2O[C@H](CO)[C@@H](O)[C@H](O)[C@@H]2O)[C@@H]2[C@@H](C)O[C@@H](O)C[C@@H]12. The number of aliphatic hydroxyl groups is 5. The molecule has 0 aliphatic carbocycles. The molecule has 5 N–H and O–H groups in total. The Kier molecular flexibility index (Phi) is 6.57. The smallest absolute Gasteiger partial charge is 0.337 e. The van der Waals surface area contributed by atoms with Crippen molar-refractivity contribution in [1.82, 2.24) is 0 Å². The second-order valence-corrected chi connectivity index (χ2v) is 7.12. The maximum Gasteiger partial charge on any atom is 0.337 e. The van der Waals surface area contributed by atoms with Crippen LogP contribution in [-0.2, 0) is 28.5 Å². The topological polar surface area (TPSA) is 164 Å². The van der Waals surface area contributed by atoms with E-state index in [1.807, 2.05) is 0 Å². The van der Waals surface area contributed by atoms with Gasteiger partial charge in [-0.3, -0.25) is 0 Å². The standard InChI is InChI=1S/C17H26O11/c1-6-11-7(3-10(19)26-6)8(15(23)24-2)5-25-16(11)28-17-14(22)13(21)12(20)9(4-18)27-17/h5-7,9-14,16-22H,3-4H2,1-2H3/t6-,7+,9-,10-,11-,12-,13+,14+,16+,17+/m1/s1. The van der Waals surface area contributed by atoms with Gasteiger partial charge in [0.1, 0.15) is 24.4 Å². The maximum absolute atomic E-state index is 12.1. The molecule has 0 aromatic rings. The predicted molar refractivity (Wildman–Crippen MR) is 88.0 cm³/mol. The minimum absolute atomic E-state index is 0.105. The molecule has 0 bridgehead atoms. The Bertz CT molecular complexity index is 594. The van der Waals surface area contributed by atoms with Gasteiger partial charge in [-0.05, 0) is 6.92 Å². The normalized spacial score (nSPS) is 46.2. The zero-order valence-corrected chi connectivity index (χ0v) is 15.5. The van der Waals surface area contributed by atoms with Crippen LogP contribution in [0.2, 0.25) is 0 Å². The summed E-state index contributed by atoms with van der Waals surface area (Å²) in [6, 6.07) is 0. The Morgan fingerprint density at radius 3 is 2.50 bits per heavy atom. The maximum atomic E-state index is 12.1. The van der Waals surface area contributed by atoms with Crippen LogP contribution < -0.4 is 0 Å².